The first-order chi connectivity index (χ1) is 9.58. The third kappa shape index (κ3) is 2.42. The maximum absolute atomic E-state index is 13.7. The number of halogens is 2. The zero-order valence-corrected chi connectivity index (χ0v) is 11.4. The molecular formula is C15H18F2N2O. The van der Waals surface area contributed by atoms with Crippen LogP contribution in [0.5, 0.6) is 0 Å². The molecule has 0 bridgehead atoms. The van der Waals surface area contributed by atoms with Gasteiger partial charge in [0.15, 0.2) is 11.6 Å². The van der Waals surface area contributed by atoms with Gasteiger partial charge >= 0.3 is 0 Å². The summed E-state index contributed by atoms with van der Waals surface area (Å²) in [5.41, 5.74) is 0.339. The number of hydrogen-bond acceptors (Lipinski definition) is 2. The predicted molar refractivity (Wildman–Crippen MR) is 71.3 cm³/mol. The van der Waals surface area contributed by atoms with E-state index in [9.17, 15) is 13.6 Å². The molecule has 1 N–H and O–H groups in total. The van der Waals surface area contributed by atoms with Gasteiger partial charge in [0.2, 0.25) is 5.91 Å². The molecule has 3 atom stereocenters. The van der Waals surface area contributed by atoms with Gasteiger partial charge in [-0.1, -0.05) is 12.1 Å². The lowest BCUT2D eigenvalue weighted by Crippen LogP contribution is -2.51. The summed E-state index contributed by atoms with van der Waals surface area (Å²) in [6, 6.07) is 4.48. The van der Waals surface area contributed by atoms with Crippen molar-refractivity contribution in [1.82, 2.24) is 10.2 Å². The zero-order valence-electron chi connectivity index (χ0n) is 11.4. The minimum absolute atomic E-state index is 0.0759. The molecule has 0 aromatic heterocycles. The van der Waals surface area contributed by atoms with Crippen LogP contribution in [0.4, 0.5) is 8.78 Å². The molecule has 0 unspecified atom stereocenters. The van der Waals surface area contributed by atoms with Gasteiger partial charge in [0.1, 0.15) is 0 Å². The summed E-state index contributed by atoms with van der Waals surface area (Å²) in [6.07, 6.45) is 0.623. The minimum Gasteiger partial charge on any atom is -0.340 e. The highest BCUT2D eigenvalue weighted by molar-refractivity contribution is 5.83. The molecule has 1 aliphatic carbocycles. The highest BCUT2D eigenvalue weighted by Gasteiger charge is 2.47. The van der Waals surface area contributed by atoms with Crippen molar-refractivity contribution in [3.05, 3.63) is 35.4 Å². The first-order valence-electron chi connectivity index (χ1n) is 7.04. The zero-order chi connectivity index (χ0) is 14.3. The third-order valence-corrected chi connectivity index (χ3v) is 4.17. The lowest BCUT2D eigenvalue weighted by Gasteiger charge is -2.32. The van der Waals surface area contributed by atoms with E-state index in [0.717, 1.165) is 12.6 Å². The second-order valence-electron chi connectivity index (χ2n) is 5.73. The van der Waals surface area contributed by atoms with Crippen LogP contribution in [0.2, 0.25) is 0 Å². The van der Waals surface area contributed by atoms with Crippen LogP contribution in [0.15, 0.2) is 18.2 Å². The molecule has 1 saturated carbocycles. The van der Waals surface area contributed by atoms with E-state index in [1.807, 2.05) is 11.8 Å². The van der Waals surface area contributed by atoms with Crippen LogP contribution in [0.1, 0.15) is 24.8 Å². The fourth-order valence-electron chi connectivity index (χ4n) is 2.99. The second-order valence-corrected chi connectivity index (χ2v) is 5.73. The Hall–Kier alpha value is -1.49. The maximum atomic E-state index is 13.7. The summed E-state index contributed by atoms with van der Waals surface area (Å²) < 4.78 is 26.9. The van der Waals surface area contributed by atoms with E-state index in [1.54, 1.807) is 6.07 Å². The summed E-state index contributed by atoms with van der Waals surface area (Å²) in [5.74, 6) is -1.91. The Balaban J connectivity index is 1.69. The molecule has 1 heterocycles. The molecular weight excluding hydrogens is 262 g/mol. The first-order valence-corrected chi connectivity index (χ1v) is 7.04. The number of rotatable bonds is 2. The van der Waals surface area contributed by atoms with Gasteiger partial charge in [0, 0.05) is 31.6 Å². The van der Waals surface area contributed by atoms with Crippen LogP contribution in [0.3, 0.4) is 0 Å². The first kappa shape index (κ1) is 13.5. The van der Waals surface area contributed by atoms with E-state index in [-0.39, 0.29) is 23.8 Å². The number of benzene rings is 1. The van der Waals surface area contributed by atoms with Gasteiger partial charge in [-0.25, -0.2) is 8.78 Å². The van der Waals surface area contributed by atoms with Crippen molar-refractivity contribution in [3.63, 3.8) is 0 Å². The number of amides is 1. The molecule has 5 heteroatoms. The molecule has 1 saturated heterocycles. The Labute approximate surface area is 117 Å². The van der Waals surface area contributed by atoms with Gasteiger partial charge in [-0.3, -0.25) is 4.79 Å². The van der Waals surface area contributed by atoms with Gasteiger partial charge in [0.05, 0.1) is 0 Å². The van der Waals surface area contributed by atoms with Gasteiger partial charge in [-0.15, -0.1) is 0 Å². The minimum atomic E-state index is -0.837. The molecule has 0 radical (unpaired) electrons. The largest absolute Gasteiger partial charge is 0.340 e. The van der Waals surface area contributed by atoms with Crippen molar-refractivity contribution in [1.29, 1.82) is 0 Å². The van der Waals surface area contributed by atoms with Crippen LogP contribution in [0.25, 0.3) is 0 Å². The molecule has 2 aliphatic rings. The summed E-state index contributed by atoms with van der Waals surface area (Å²) in [7, 11) is 0. The van der Waals surface area contributed by atoms with E-state index in [4.69, 9.17) is 0 Å². The second kappa shape index (κ2) is 5.13. The molecule has 108 valence electrons. The predicted octanol–water partition coefficient (Wildman–Crippen LogP) is 1.89. The molecule has 20 heavy (non-hydrogen) atoms. The van der Waals surface area contributed by atoms with Gasteiger partial charge in [0.25, 0.3) is 0 Å². The topological polar surface area (TPSA) is 32.3 Å². The maximum Gasteiger partial charge on any atom is 0.226 e. The van der Waals surface area contributed by atoms with Crippen LogP contribution in [-0.2, 0) is 4.79 Å². The molecule has 1 amide bonds. The average molecular weight is 280 g/mol. The molecule has 2 fully saturated rings. The number of piperazine rings is 1. The number of carbonyl (C=O) groups excluding carboxylic acids is 1. The van der Waals surface area contributed by atoms with E-state index in [1.165, 1.54) is 6.07 Å². The van der Waals surface area contributed by atoms with E-state index in [2.05, 4.69) is 5.32 Å². The van der Waals surface area contributed by atoms with Gasteiger partial charge in [-0.05, 0) is 30.9 Å². The van der Waals surface area contributed by atoms with Crippen molar-refractivity contribution in [3.8, 4) is 0 Å². The quantitative estimate of drug-likeness (QED) is 0.897. The van der Waals surface area contributed by atoms with Crippen LogP contribution >= 0.6 is 0 Å². The smallest absolute Gasteiger partial charge is 0.226 e. The van der Waals surface area contributed by atoms with Crippen LogP contribution in [-0.4, -0.2) is 36.5 Å². The molecule has 3 rings (SSSR count). The molecule has 1 aliphatic heterocycles. The fraction of sp³-hybridized carbons (Fsp3) is 0.533. The van der Waals surface area contributed by atoms with E-state index in [0.29, 0.717) is 25.1 Å². The Morgan fingerprint density at radius 2 is 2.20 bits per heavy atom. The Bertz CT molecular complexity index is 535. The number of carbonyl (C=O) groups is 1. The summed E-state index contributed by atoms with van der Waals surface area (Å²) >= 11 is 0. The lowest BCUT2D eigenvalue weighted by atomic mass is 10.1. The summed E-state index contributed by atoms with van der Waals surface area (Å²) in [6.45, 7) is 4.21. The Morgan fingerprint density at radius 3 is 2.95 bits per heavy atom. The highest BCUT2D eigenvalue weighted by atomic mass is 19.2. The number of hydrogen-bond donors (Lipinski definition) is 1. The van der Waals surface area contributed by atoms with E-state index >= 15 is 0 Å². The Morgan fingerprint density at radius 1 is 1.40 bits per heavy atom. The SMILES string of the molecule is C[C@@H]1CN(C(=O)[C@@H]2C[C@@H]2c2cccc(F)c2F)CCN1. The highest BCUT2D eigenvalue weighted by Crippen LogP contribution is 2.49. The van der Waals surface area contributed by atoms with Crippen LogP contribution in [0, 0.1) is 17.6 Å². The van der Waals surface area contributed by atoms with Crippen molar-refractivity contribution in [2.75, 3.05) is 19.6 Å². The molecule has 3 nitrogen and oxygen atoms in total. The van der Waals surface area contributed by atoms with Crippen LogP contribution < -0.4 is 5.32 Å². The van der Waals surface area contributed by atoms with Gasteiger partial charge < -0.3 is 10.2 Å². The number of nitrogens with zero attached hydrogens (tertiary/aromatic N) is 1. The Kier molecular flexibility index (Phi) is 3.46. The lowest BCUT2D eigenvalue weighted by molar-refractivity contribution is -0.133. The summed E-state index contributed by atoms with van der Waals surface area (Å²) in [5, 5.41) is 3.28. The third-order valence-electron chi connectivity index (χ3n) is 4.17. The molecule has 1 aromatic rings. The van der Waals surface area contributed by atoms with Gasteiger partial charge in [-0.2, -0.15) is 0 Å². The van der Waals surface area contributed by atoms with Crippen molar-refractivity contribution >= 4 is 5.91 Å². The summed E-state index contributed by atoms with van der Waals surface area (Å²) in [4.78, 5) is 14.2. The van der Waals surface area contributed by atoms with E-state index < -0.39 is 11.6 Å². The van der Waals surface area contributed by atoms with Crippen molar-refractivity contribution < 1.29 is 13.6 Å². The standard InChI is InChI=1S/C15H18F2N2O/c1-9-8-19(6-5-18-9)15(20)12-7-11(12)10-3-2-4-13(16)14(10)17/h2-4,9,11-12,18H,5-8H2,1H3/t9-,11-,12-/m1/s1. The molecule has 0 spiro atoms. The normalized spacial score (nSPS) is 29.4. The van der Waals surface area contributed by atoms with Crippen molar-refractivity contribution in [2.24, 2.45) is 5.92 Å². The number of nitrogens with one attached hydrogen (secondary N) is 1. The van der Waals surface area contributed by atoms with Crippen molar-refractivity contribution in [2.45, 2.75) is 25.3 Å². The molecule has 1 aromatic carbocycles. The average Bonchev–Trinajstić information content (AvgIpc) is 3.21. The fourth-order valence-corrected chi connectivity index (χ4v) is 2.99. The monoisotopic (exact) mass is 280 g/mol.